The summed E-state index contributed by atoms with van der Waals surface area (Å²) in [5, 5.41) is 18.7. The molecule has 0 radical (unpaired) electrons. The number of thiophene rings is 1. The van der Waals surface area contributed by atoms with Crippen LogP contribution in [0.2, 0.25) is 0 Å². The number of hydrogen-bond acceptors (Lipinski definition) is 7. The lowest BCUT2D eigenvalue weighted by Gasteiger charge is -2.03. The van der Waals surface area contributed by atoms with Gasteiger partial charge in [-0.05, 0) is 17.5 Å². The van der Waals surface area contributed by atoms with Gasteiger partial charge in [0.1, 0.15) is 16.0 Å². The number of pyridine rings is 1. The van der Waals surface area contributed by atoms with E-state index in [1.807, 2.05) is 36.4 Å². The fourth-order valence-corrected chi connectivity index (χ4v) is 3.54. The van der Waals surface area contributed by atoms with Gasteiger partial charge < -0.3 is 0 Å². The zero-order valence-electron chi connectivity index (χ0n) is 11.7. The number of rotatable bonds is 1. The Kier molecular flexibility index (Phi) is 2.56. The molecular formula is C16H8N6S. The molecule has 0 N–H and O–H groups in total. The van der Waals surface area contributed by atoms with E-state index in [0.29, 0.717) is 11.3 Å². The molecule has 0 saturated carbocycles. The zero-order chi connectivity index (χ0) is 15.2. The Hall–Kier alpha value is -3.06. The van der Waals surface area contributed by atoms with Crippen LogP contribution in [-0.4, -0.2) is 30.4 Å². The largest absolute Gasteiger partial charge is 0.252 e. The average molecular weight is 316 g/mol. The third-order valence-electron chi connectivity index (χ3n) is 3.65. The van der Waals surface area contributed by atoms with Crippen LogP contribution in [0.4, 0.5) is 0 Å². The van der Waals surface area contributed by atoms with Crippen LogP contribution in [0, 0.1) is 0 Å². The van der Waals surface area contributed by atoms with E-state index >= 15 is 0 Å². The molecule has 0 saturated heterocycles. The van der Waals surface area contributed by atoms with Gasteiger partial charge in [0.05, 0.1) is 10.9 Å². The second kappa shape index (κ2) is 4.72. The summed E-state index contributed by atoms with van der Waals surface area (Å²) < 4.78 is 1.000. The molecular weight excluding hydrogens is 308 g/mol. The second-order valence-corrected chi connectivity index (χ2v) is 6.05. The average Bonchev–Trinajstić information content (AvgIpc) is 2.99. The topological polar surface area (TPSA) is 77.3 Å². The summed E-state index contributed by atoms with van der Waals surface area (Å²) in [5.41, 5.74) is 2.16. The highest BCUT2D eigenvalue weighted by Gasteiger charge is 2.14. The molecule has 0 atom stereocenters. The van der Waals surface area contributed by atoms with Gasteiger partial charge in [-0.1, -0.05) is 24.3 Å². The van der Waals surface area contributed by atoms with Crippen LogP contribution in [0.5, 0.6) is 0 Å². The van der Waals surface area contributed by atoms with Gasteiger partial charge in [-0.15, -0.1) is 26.6 Å². The van der Waals surface area contributed by atoms with Crippen molar-refractivity contribution >= 4 is 42.7 Å². The van der Waals surface area contributed by atoms with Crippen molar-refractivity contribution in [3.63, 3.8) is 0 Å². The lowest BCUT2D eigenvalue weighted by molar-refractivity contribution is 1.02. The van der Waals surface area contributed by atoms with Gasteiger partial charge in [0, 0.05) is 11.6 Å². The summed E-state index contributed by atoms with van der Waals surface area (Å²) in [6.07, 6.45) is 3.43. The number of aromatic nitrogens is 6. The van der Waals surface area contributed by atoms with Crippen molar-refractivity contribution < 1.29 is 0 Å². The summed E-state index contributed by atoms with van der Waals surface area (Å²) in [7, 11) is 0. The molecule has 4 aromatic heterocycles. The molecule has 5 rings (SSSR count). The highest BCUT2D eigenvalue weighted by Crippen LogP contribution is 2.30. The van der Waals surface area contributed by atoms with Crippen LogP contribution in [0.25, 0.3) is 42.9 Å². The van der Waals surface area contributed by atoms with Gasteiger partial charge in [0.15, 0.2) is 5.52 Å². The minimum atomic E-state index is 0.522. The molecule has 0 amide bonds. The monoisotopic (exact) mass is 316 g/mol. The maximum Gasteiger partial charge on any atom is 0.202 e. The Morgan fingerprint density at radius 3 is 2.78 bits per heavy atom. The van der Waals surface area contributed by atoms with Gasteiger partial charge >= 0.3 is 0 Å². The number of hydrogen-bond donors (Lipinski definition) is 0. The van der Waals surface area contributed by atoms with Crippen LogP contribution >= 0.6 is 11.3 Å². The van der Waals surface area contributed by atoms with Crippen molar-refractivity contribution in [3.8, 4) is 11.5 Å². The van der Waals surface area contributed by atoms with Gasteiger partial charge in [-0.25, -0.2) is 4.98 Å². The first-order valence-electron chi connectivity index (χ1n) is 6.99. The molecule has 5 aromatic rings. The minimum absolute atomic E-state index is 0.522. The maximum atomic E-state index is 4.65. The first-order chi connectivity index (χ1) is 11.4. The van der Waals surface area contributed by atoms with E-state index in [-0.39, 0.29) is 0 Å². The Labute approximate surface area is 133 Å². The lowest BCUT2D eigenvalue weighted by Crippen LogP contribution is -1.95. The molecule has 0 aliphatic heterocycles. The minimum Gasteiger partial charge on any atom is -0.252 e. The van der Waals surface area contributed by atoms with Crippen molar-refractivity contribution in [2.75, 3.05) is 0 Å². The van der Waals surface area contributed by atoms with Crippen molar-refractivity contribution in [2.24, 2.45) is 0 Å². The number of fused-ring (bicyclic) bond motifs is 4. The Morgan fingerprint density at radius 1 is 0.826 bits per heavy atom. The SMILES string of the molecule is c1ccc2c(-c3nnc4c(n3)sc3ccnnc34)nccc2c1. The van der Waals surface area contributed by atoms with Gasteiger partial charge in [0.25, 0.3) is 0 Å². The standard InChI is InChI=1S/C16H8N6S/c1-2-4-10-9(3-1)5-7-17-12(10)15-19-16-14(21-22-15)13-11(23-16)6-8-18-20-13/h1-8H. The molecule has 0 aliphatic rings. The molecule has 6 nitrogen and oxygen atoms in total. The summed E-state index contributed by atoms with van der Waals surface area (Å²) in [6.45, 7) is 0. The lowest BCUT2D eigenvalue weighted by atomic mass is 10.1. The fraction of sp³-hybridized carbons (Fsp3) is 0. The third kappa shape index (κ3) is 1.87. The van der Waals surface area contributed by atoms with Crippen LogP contribution in [-0.2, 0) is 0 Å². The highest BCUT2D eigenvalue weighted by molar-refractivity contribution is 7.25. The van der Waals surface area contributed by atoms with Crippen LogP contribution in [0.15, 0.2) is 48.8 Å². The first kappa shape index (κ1) is 12.5. The van der Waals surface area contributed by atoms with E-state index in [9.17, 15) is 0 Å². The Bertz CT molecular complexity index is 1180. The Balaban J connectivity index is 1.81. The van der Waals surface area contributed by atoms with Crippen molar-refractivity contribution in [1.82, 2.24) is 30.4 Å². The summed E-state index contributed by atoms with van der Waals surface area (Å²) in [5.74, 6) is 0.522. The molecule has 4 heterocycles. The van der Waals surface area contributed by atoms with Crippen molar-refractivity contribution in [2.45, 2.75) is 0 Å². The molecule has 0 spiro atoms. The molecule has 108 valence electrons. The normalized spacial score (nSPS) is 11.5. The molecule has 7 heteroatoms. The molecule has 0 aliphatic carbocycles. The molecule has 1 aromatic carbocycles. The van der Waals surface area contributed by atoms with Gasteiger partial charge in [0.2, 0.25) is 5.82 Å². The second-order valence-electron chi connectivity index (χ2n) is 5.02. The molecule has 0 unspecified atom stereocenters. The molecule has 23 heavy (non-hydrogen) atoms. The number of benzene rings is 1. The zero-order valence-corrected chi connectivity index (χ0v) is 12.5. The van der Waals surface area contributed by atoms with Crippen LogP contribution in [0.3, 0.4) is 0 Å². The summed E-state index contributed by atoms with van der Waals surface area (Å²) >= 11 is 1.53. The Morgan fingerprint density at radius 2 is 1.78 bits per heavy atom. The van der Waals surface area contributed by atoms with Gasteiger partial charge in [-0.3, -0.25) is 4.98 Å². The van der Waals surface area contributed by atoms with E-state index in [4.69, 9.17) is 0 Å². The predicted octanol–water partition coefficient (Wildman–Crippen LogP) is 3.24. The predicted molar refractivity (Wildman–Crippen MR) is 89.0 cm³/mol. The fourth-order valence-electron chi connectivity index (χ4n) is 2.60. The quantitative estimate of drug-likeness (QED) is 0.472. The van der Waals surface area contributed by atoms with Crippen LogP contribution in [0.1, 0.15) is 0 Å². The van der Waals surface area contributed by atoms with E-state index < -0.39 is 0 Å². The van der Waals surface area contributed by atoms with E-state index in [1.165, 1.54) is 11.3 Å². The molecule has 0 bridgehead atoms. The van der Waals surface area contributed by atoms with Crippen molar-refractivity contribution in [3.05, 3.63) is 48.8 Å². The van der Waals surface area contributed by atoms with Crippen LogP contribution < -0.4 is 0 Å². The molecule has 0 fully saturated rings. The maximum absolute atomic E-state index is 4.65. The van der Waals surface area contributed by atoms with E-state index in [0.717, 1.165) is 31.5 Å². The number of nitrogens with zero attached hydrogens (tertiary/aromatic N) is 6. The van der Waals surface area contributed by atoms with Gasteiger partial charge in [-0.2, -0.15) is 5.10 Å². The smallest absolute Gasteiger partial charge is 0.202 e. The highest BCUT2D eigenvalue weighted by atomic mass is 32.1. The first-order valence-corrected chi connectivity index (χ1v) is 7.80. The van der Waals surface area contributed by atoms with Crippen molar-refractivity contribution in [1.29, 1.82) is 0 Å². The third-order valence-corrected chi connectivity index (χ3v) is 4.68. The van der Waals surface area contributed by atoms with E-state index in [1.54, 1.807) is 12.4 Å². The van der Waals surface area contributed by atoms with E-state index in [2.05, 4.69) is 30.4 Å². The summed E-state index contributed by atoms with van der Waals surface area (Å²) in [6, 6.07) is 11.9. The summed E-state index contributed by atoms with van der Waals surface area (Å²) in [4.78, 5) is 9.89.